The van der Waals surface area contributed by atoms with Gasteiger partial charge in [0.15, 0.2) is 0 Å². The highest BCUT2D eigenvalue weighted by atomic mass is 16.4. The Morgan fingerprint density at radius 1 is 0.875 bits per heavy atom. The van der Waals surface area contributed by atoms with Gasteiger partial charge in [-0.1, -0.05) is 32.0 Å². The molecule has 0 aliphatic carbocycles. The van der Waals surface area contributed by atoms with Crippen molar-refractivity contribution in [2.45, 2.75) is 70.1 Å². The predicted octanol–water partition coefficient (Wildman–Crippen LogP) is -0.637. The van der Waals surface area contributed by atoms with Crippen LogP contribution < -0.4 is 27.4 Å². The van der Waals surface area contributed by atoms with Gasteiger partial charge in [-0.05, 0) is 30.4 Å². The number of hydrogen-bond donors (Lipinski definition) is 8. The van der Waals surface area contributed by atoms with Gasteiger partial charge in [-0.25, -0.2) is 4.79 Å². The Balaban J connectivity index is 2.26. The summed E-state index contributed by atoms with van der Waals surface area (Å²) < 4.78 is 0. The molecule has 14 nitrogen and oxygen atoms in total. The van der Waals surface area contributed by atoms with Gasteiger partial charge in [0.25, 0.3) is 0 Å². The first kappa shape index (κ1) is 31.8. The van der Waals surface area contributed by atoms with Crippen molar-refractivity contribution < 1.29 is 39.0 Å². The van der Waals surface area contributed by atoms with E-state index in [4.69, 9.17) is 16.6 Å². The maximum Gasteiger partial charge on any atom is 0.326 e. The quantitative estimate of drug-likeness (QED) is 0.130. The van der Waals surface area contributed by atoms with E-state index in [0.29, 0.717) is 5.56 Å². The number of carboxylic acid groups (broad SMARTS) is 2. The van der Waals surface area contributed by atoms with Crippen molar-refractivity contribution >= 4 is 46.5 Å². The first-order chi connectivity index (χ1) is 18.8. The molecule has 218 valence electrons. The molecule has 4 amide bonds. The van der Waals surface area contributed by atoms with E-state index in [9.17, 15) is 33.9 Å². The zero-order chi connectivity index (χ0) is 30.0. The van der Waals surface area contributed by atoms with Crippen LogP contribution in [0, 0.1) is 5.92 Å². The van der Waals surface area contributed by atoms with Crippen molar-refractivity contribution in [3.63, 3.8) is 0 Å². The van der Waals surface area contributed by atoms with Gasteiger partial charge in [-0.2, -0.15) is 0 Å². The maximum atomic E-state index is 13.5. The maximum absolute atomic E-state index is 13.5. The highest BCUT2D eigenvalue weighted by Gasteiger charge is 2.32. The van der Waals surface area contributed by atoms with Gasteiger partial charge in [-0.3, -0.25) is 24.0 Å². The number of benzene rings is 1. The van der Waals surface area contributed by atoms with Gasteiger partial charge in [0, 0.05) is 36.4 Å². The monoisotopic (exact) mass is 560 g/mol. The molecule has 10 N–H and O–H groups in total. The van der Waals surface area contributed by atoms with E-state index in [1.54, 1.807) is 20.0 Å². The molecule has 2 rings (SSSR count). The fourth-order valence-corrected chi connectivity index (χ4v) is 4.01. The Bertz CT molecular complexity index is 1240. The molecule has 0 saturated heterocycles. The molecule has 0 bridgehead atoms. The average molecular weight is 561 g/mol. The second-order valence-corrected chi connectivity index (χ2v) is 9.80. The summed E-state index contributed by atoms with van der Waals surface area (Å²) in [6.07, 6.45) is 0.700. The average Bonchev–Trinajstić information content (AvgIpc) is 3.29. The molecule has 1 aromatic carbocycles. The minimum absolute atomic E-state index is 0.00995. The summed E-state index contributed by atoms with van der Waals surface area (Å²) >= 11 is 0. The van der Waals surface area contributed by atoms with Crippen LogP contribution in [0.3, 0.4) is 0 Å². The first-order valence-electron chi connectivity index (χ1n) is 12.7. The van der Waals surface area contributed by atoms with Crippen molar-refractivity contribution in [3.05, 3.63) is 36.0 Å². The van der Waals surface area contributed by atoms with Crippen LogP contribution in [-0.4, -0.2) is 74.9 Å². The summed E-state index contributed by atoms with van der Waals surface area (Å²) in [7, 11) is 0. The van der Waals surface area contributed by atoms with Crippen LogP contribution in [0.15, 0.2) is 30.5 Å². The summed E-state index contributed by atoms with van der Waals surface area (Å²) in [6, 6.07) is 2.31. The van der Waals surface area contributed by atoms with Gasteiger partial charge < -0.3 is 42.6 Å². The van der Waals surface area contributed by atoms with Crippen LogP contribution in [0.5, 0.6) is 0 Å². The Labute approximate surface area is 230 Å². The van der Waals surface area contributed by atoms with E-state index < -0.39 is 65.7 Å². The molecule has 0 aliphatic rings. The van der Waals surface area contributed by atoms with Gasteiger partial charge >= 0.3 is 11.9 Å². The third-order valence-electron chi connectivity index (χ3n) is 6.28. The molecule has 0 saturated carbocycles. The molecule has 2 aromatic rings. The largest absolute Gasteiger partial charge is 0.481 e. The van der Waals surface area contributed by atoms with Crippen LogP contribution in [0.25, 0.3) is 10.9 Å². The van der Waals surface area contributed by atoms with E-state index in [1.807, 2.05) is 24.3 Å². The summed E-state index contributed by atoms with van der Waals surface area (Å²) in [5, 5.41) is 26.6. The number of rotatable bonds is 16. The van der Waals surface area contributed by atoms with Crippen LogP contribution in [0.4, 0.5) is 0 Å². The molecular weight excluding hydrogens is 524 g/mol. The normalized spacial score (nSPS) is 14.1. The number of aromatic amines is 1. The SMILES string of the molecule is CC(C)C(NC(=O)C(Cc1c[nH]c2ccccc12)NC(=O)C(N)CCC(=O)O)C(=O)NC(CCC(N)=O)C(=O)O. The lowest BCUT2D eigenvalue weighted by atomic mass is 9.99. The minimum atomic E-state index is -1.41. The summed E-state index contributed by atoms with van der Waals surface area (Å²) in [5.74, 6) is -5.99. The molecular formula is C26H36N6O8. The molecule has 4 unspecified atom stereocenters. The molecule has 14 heteroatoms. The highest BCUT2D eigenvalue weighted by molar-refractivity contribution is 5.95. The first-order valence-corrected chi connectivity index (χ1v) is 12.7. The fraction of sp³-hybridized carbons (Fsp3) is 0.462. The molecule has 1 aromatic heterocycles. The van der Waals surface area contributed by atoms with E-state index in [0.717, 1.165) is 10.9 Å². The van der Waals surface area contributed by atoms with E-state index in [-0.39, 0.29) is 32.1 Å². The Morgan fingerprint density at radius 3 is 2.12 bits per heavy atom. The zero-order valence-electron chi connectivity index (χ0n) is 22.3. The third kappa shape index (κ3) is 9.38. The van der Waals surface area contributed by atoms with E-state index in [2.05, 4.69) is 20.9 Å². The second-order valence-electron chi connectivity index (χ2n) is 9.80. The number of carboxylic acids is 2. The van der Waals surface area contributed by atoms with Gasteiger partial charge in [0.1, 0.15) is 18.1 Å². The lowest BCUT2D eigenvalue weighted by molar-refractivity contribution is -0.143. The van der Waals surface area contributed by atoms with Crippen molar-refractivity contribution in [1.29, 1.82) is 0 Å². The Hall–Kier alpha value is -4.46. The highest BCUT2D eigenvalue weighted by Crippen LogP contribution is 2.19. The van der Waals surface area contributed by atoms with Crippen molar-refractivity contribution in [1.82, 2.24) is 20.9 Å². The number of amides is 4. The molecule has 0 spiro atoms. The van der Waals surface area contributed by atoms with Crippen LogP contribution >= 0.6 is 0 Å². The zero-order valence-corrected chi connectivity index (χ0v) is 22.3. The van der Waals surface area contributed by atoms with Gasteiger partial charge in [-0.15, -0.1) is 0 Å². The Kier molecular flexibility index (Phi) is 11.6. The standard InChI is InChI=1S/C26H36N6O8/c1-13(2)22(25(38)30-18(26(39)40)8-9-20(28)33)32-24(37)19(31-23(36)16(27)7-10-21(34)35)11-14-12-29-17-6-4-3-5-15(14)17/h3-6,12-13,16,18-19,22,29H,7-11,27H2,1-2H3,(H2,28,33)(H,30,38)(H,31,36)(H,32,37)(H,34,35)(H,39,40). The number of hydrogen-bond acceptors (Lipinski definition) is 7. The molecule has 0 radical (unpaired) electrons. The number of fused-ring (bicyclic) bond motifs is 1. The van der Waals surface area contributed by atoms with Crippen molar-refractivity contribution in [3.8, 4) is 0 Å². The number of aliphatic carboxylic acids is 2. The number of H-pyrrole nitrogens is 1. The number of nitrogens with one attached hydrogen (secondary N) is 4. The summed E-state index contributed by atoms with van der Waals surface area (Å²) in [6.45, 7) is 3.28. The van der Waals surface area contributed by atoms with Crippen LogP contribution in [-0.2, 0) is 35.2 Å². The third-order valence-corrected chi connectivity index (χ3v) is 6.28. The number of nitrogens with two attached hydrogens (primary N) is 2. The van der Waals surface area contributed by atoms with Crippen molar-refractivity contribution in [2.75, 3.05) is 0 Å². The van der Waals surface area contributed by atoms with E-state index in [1.165, 1.54) is 0 Å². The molecule has 0 aliphatic heterocycles. The Morgan fingerprint density at radius 2 is 1.52 bits per heavy atom. The fourth-order valence-electron chi connectivity index (χ4n) is 4.01. The molecule has 40 heavy (non-hydrogen) atoms. The van der Waals surface area contributed by atoms with Gasteiger partial charge in [0.2, 0.25) is 23.6 Å². The lowest BCUT2D eigenvalue weighted by Gasteiger charge is -2.27. The number of aromatic nitrogens is 1. The van der Waals surface area contributed by atoms with Crippen molar-refractivity contribution in [2.24, 2.45) is 17.4 Å². The van der Waals surface area contributed by atoms with Crippen LogP contribution in [0.2, 0.25) is 0 Å². The number of primary amides is 1. The summed E-state index contributed by atoms with van der Waals surface area (Å²) in [5.41, 5.74) is 12.4. The number of carbonyl (C=O) groups excluding carboxylic acids is 4. The second kappa shape index (κ2) is 14.6. The summed E-state index contributed by atoms with van der Waals surface area (Å²) in [4.78, 5) is 75.9. The number of para-hydroxylation sites is 1. The smallest absolute Gasteiger partial charge is 0.326 e. The molecule has 0 fully saturated rings. The lowest BCUT2D eigenvalue weighted by Crippen LogP contribution is -2.59. The van der Waals surface area contributed by atoms with Gasteiger partial charge in [0.05, 0.1) is 6.04 Å². The van der Waals surface area contributed by atoms with E-state index >= 15 is 0 Å². The predicted molar refractivity (Wildman–Crippen MR) is 144 cm³/mol. The molecule has 4 atom stereocenters. The number of carbonyl (C=O) groups is 6. The van der Waals surface area contributed by atoms with Crippen LogP contribution in [0.1, 0.15) is 45.1 Å². The molecule has 1 heterocycles. The topological polar surface area (TPSA) is 247 Å². The minimum Gasteiger partial charge on any atom is -0.481 e.